The average Bonchev–Trinajstić information content (AvgIpc) is 2.12. The summed E-state index contributed by atoms with van der Waals surface area (Å²) in [6.45, 7) is 8.56. The molecule has 1 atom stereocenters. The molecule has 0 saturated heterocycles. The molecule has 0 amide bonds. The molecule has 0 aromatic carbocycles. The number of hydrogen-bond acceptors (Lipinski definition) is 1. The maximum atomic E-state index is 9.04. The van der Waals surface area contributed by atoms with Gasteiger partial charge in [-0.25, -0.2) is 0 Å². The summed E-state index contributed by atoms with van der Waals surface area (Å²) in [5.41, 5.74) is -0.134. The van der Waals surface area contributed by atoms with Gasteiger partial charge in [-0.2, -0.15) is 5.26 Å². The van der Waals surface area contributed by atoms with Gasteiger partial charge in [0.05, 0.1) is 11.5 Å². The minimum atomic E-state index is -0.134. The molecule has 0 aliphatic carbocycles. The Hall–Kier alpha value is -0.510. The second kappa shape index (κ2) is 6.02. The van der Waals surface area contributed by atoms with Crippen LogP contribution in [0.25, 0.3) is 0 Å². The van der Waals surface area contributed by atoms with Gasteiger partial charge in [0.15, 0.2) is 0 Å². The Morgan fingerprint density at radius 2 is 1.77 bits per heavy atom. The van der Waals surface area contributed by atoms with Crippen molar-refractivity contribution in [3.8, 4) is 6.07 Å². The maximum absolute atomic E-state index is 9.04. The third-order valence-electron chi connectivity index (χ3n) is 2.85. The molecule has 0 radical (unpaired) electrons. The minimum Gasteiger partial charge on any atom is -0.198 e. The molecule has 0 bridgehead atoms. The first-order valence-electron chi connectivity index (χ1n) is 5.49. The Balaban J connectivity index is 4.16. The SMILES string of the molecule is CCCCC(CCC)C(C)(C)C#N. The highest BCUT2D eigenvalue weighted by Crippen LogP contribution is 2.33. The fraction of sp³-hybridized carbons (Fsp3) is 0.917. The molecule has 0 aliphatic heterocycles. The predicted octanol–water partition coefficient (Wildman–Crippen LogP) is 4.14. The highest BCUT2D eigenvalue weighted by molar-refractivity contribution is 4.96. The van der Waals surface area contributed by atoms with E-state index in [0.717, 1.165) is 0 Å². The number of rotatable bonds is 6. The summed E-state index contributed by atoms with van der Waals surface area (Å²) in [6, 6.07) is 2.44. The van der Waals surface area contributed by atoms with Crippen LogP contribution < -0.4 is 0 Å². The van der Waals surface area contributed by atoms with Crippen LogP contribution in [0.1, 0.15) is 59.8 Å². The molecule has 0 aliphatic rings. The fourth-order valence-corrected chi connectivity index (χ4v) is 1.76. The number of hydrogen-bond donors (Lipinski definition) is 0. The molecule has 0 aromatic rings. The smallest absolute Gasteiger partial charge is 0.0686 e. The lowest BCUT2D eigenvalue weighted by atomic mass is 9.75. The van der Waals surface area contributed by atoms with E-state index in [4.69, 9.17) is 5.26 Å². The first-order chi connectivity index (χ1) is 6.08. The van der Waals surface area contributed by atoms with Gasteiger partial charge in [0.2, 0.25) is 0 Å². The molecule has 0 N–H and O–H groups in total. The van der Waals surface area contributed by atoms with Gasteiger partial charge >= 0.3 is 0 Å². The third kappa shape index (κ3) is 4.31. The molecule has 0 rings (SSSR count). The van der Waals surface area contributed by atoms with E-state index < -0.39 is 0 Å². The van der Waals surface area contributed by atoms with Gasteiger partial charge in [0.25, 0.3) is 0 Å². The number of nitrogens with zero attached hydrogens (tertiary/aromatic N) is 1. The Bertz CT molecular complexity index is 164. The van der Waals surface area contributed by atoms with Gasteiger partial charge < -0.3 is 0 Å². The monoisotopic (exact) mass is 181 g/mol. The Morgan fingerprint density at radius 1 is 1.15 bits per heavy atom. The van der Waals surface area contributed by atoms with Crippen molar-refractivity contribution < 1.29 is 0 Å². The van der Waals surface area contributed by atoms with Crippen LogP contribution in [0, 0.1) is 22.7 Å². The molecule has 0 fully saturated rings. The molecule has 0 heterocycles. The zero-order chi connectivity index (χ0) is 10.3. The number of nitriles is 1. The summed E-state index contributed by atoms with van der Waals surface area (Å²) in [7, 11) is 0. The first kappa shape index (κ1) is 12.5. The Labute approximate surface area is 83.1 Å². The van der Waals surface area contributed by atoms with Crippen LogP contribution in [0.3, 0.4) is 0 Å². The topological polar surface area (TPSA) is 23.8 Å². The molecule has 0 saturated carbocycles. The average molecular weight is 181 g/mol. The van der Waals surface area contributed by atoms with Crippen molar-refractivity contribution in [3.05, 3.63) is 0 Å². The van der Waals surface area contributed by atoms with Gasteiger partial charge in [-0.3, -0.25) is 0 Å². The lowest BCUT2D eigenvalue weighted by molar-refractivity contribution is 0.250. The van der Waals surface area contributed by atoms with Gasteiger partial charge in [0, 0.05) is 0 Å². The molecule has 13 heavy (non-hydrogen) atoms. The van der Waals surface area contributed by atoms with E-state index in [-0.39, 0.29) is 5.41 Å². The first-order valence-corrected chi connectivity index (χ1v) is 5.49. The molecule has 1 unspecified atom stereocenters. The van der Waals surface area contributed by atoms with Gasteiger partial charge in [-0.15, -0.1) is 0 Å². The van der Waals surface area contributed by atoms with Crippen LogP contribution in [0.4, 0.5) is 0 Å². The van der Waals surface area contributed by atoms with E-state index in [2.05, 4.69) is 33.8 Å². The van der Waals surface area contributed by atoms with Crippen molar-refractivity contribution in [2.24, 2.45) is 11.3 Å². The summed E-state index contributed by atoms with van der Waals surface area (Å²) >= 11 is 0. The van der Waals surface area contributed by atoms with Gasteiger partial charge in [-0.1, -0.05) is 33.1 Å². The zero-order valence-corrected chi connectivity index (χ0v) is 9.56. The lowest BCUT2D eigenvalue weighted by Crippen LogP contribution is -2.22. The minimum absolute atomic E-state index is 0.134. The number of unbranched alkanes of at least 4 members (excludes halogenated alkanes) is 1. The highest BCUT2D eigenvalue weighted by Gasteiger charge is 2.27. The maximum Gasteiger partial charge on any atom is 0.0686 e. The van der Waals surface area contributed by atoms with E-state index in [1.165, 1.54) is 32.1 Å². The van der Waals surface area contributed by atoms with E-state index in [1.54, 1.807) is 0 Å². The van der Waals surface area contributed by atoms with Crippen molar-refractivity contribution in [1.29, 1.82) is 5.26 Å². The van der Waals surface area contributed by atoms with Crippen LogP contribution in [0.15, 0.2) is 0 Å². The second-order valence-corrected chi connectivity index (χ2v) is 4.46. The summed E-state index contributed by atoms with van der Waals surface area (Å²) in [5.74, 6) is 0.586. The second-order valence-electron chi connectivity index (χ2n) is 4.46. The third-order valence-corrected chi connectivity index (χ3v) is 2.85. The molecule has 1 nitrogen and oxygen atoms in total. The van der Waals surface area contributed by atoms with Gasteiger partial charge in [0.1, 0.15) is 0 Å². The summed E-state index contributed by atoms with van der Waals surface area (Å²) in [6.07, 6.45) is 6.10. The highest BCUT2D eigenvalue weighted by atomic mass is 14.4. The van der Waals surface area contributed by atoms with Crippen LogP contribution in [-0.4, -0.2) is 0 Å². The van der Waals surface area contributed by atoms with E-state index in [9.17, 15) is 0 Å². The van der Waals surface area contributed by atoms with Gasteiger partial charge in [-0.05, 0) is 32.6 Å². The van der Waals surface area contributed by atoms with Crippen LogP contribution in [0.2, 0.25) is 0 Å². The standard InChI is InChI=1S/C12H23N/c1-5-7-9-11(8-6-2)12(3,4)10-13/h11H,5-9H2,1-4H3. The van der Waals surface area contributed by atoms with Crippen LogP contribution >= 0.6 is 0 Å². The summed E-state index contributed by atoms with van der Waals surface area (Å²) in [5, 5.41) is 9.04. The normalized spacial score (nSPS) is 13.8. The van der Waals surface area contributed by atoms with Crippen molar-refractivity contribution in [3.63, 3.8) is 0 Å². The van der Waals surface area contributed by atoms with Crippen molar-refractivity contribution in [2.75, 3.05) is 0 Å². The molecule has 0 spiro atoms. The Kier molecular flexibility index (Phi) is 5.79. The van der Waals surface area contributed by atoms with Crippen molar-refractivity contribution in [2.45, 2.75) is 59.8 Å². The van der Waals surface area contributed by atoms with Crippen LogP contribution in [0.5, 0.6) is 0 Å². The summed E-state index contributed by atoms with van der Waals surface area (Å²) < 4.78 is 0. The zero-order valence-electron chi connectivity index (χ0n) is 9.56. The molecular weight excluding hydrogens is 158 g/mol. The predicted molar refractivity (Wildman–Crippen MR) is 57.3 cm³/mol. The largest absolute Gasteiger partial charge is 0.198 e. The Morgan fingerprint density at radius 3 is 2.15 bits per heavy atom. The van der Waals surface area contributed by atoms with E-state index >= 15 is 0 Å². The van der Waals surface area contributed by atoms with E-state index in [0.29, 0.717) is 5.92 Å². The molecule has 76 valence electrons. The van der Waals surface area contributed by atoms with E-state index in [1.807, 2.05) is 0 Å². The van der Waals surface area contributed by atoms with Crippen LogP contribution in [-0.2, 0) is 0 Å². The quantitative estimate of drug-likeness (QED) is 0.604. The molecular formula is C12H23N. The molecule has 0 aromatic heterocycles. The summed E-state index contributed by atoms with van der Waals surface area (Å²) in [4.78, 5) is 0. The fourth-order valence-electron chi connectivity index (χ4n) is 1.76. The van der Waals surface area contributed by atoms with Crippen molar-refractivity contribution in [1.82, 2.24) is 0 Å². The van der Waals surface area contributed by atoms with Crippen molar-refractivity contribution >= 4 is 0 Å². The lowest BCUT2D eigenvalue weighted by Gasteiger charge is -2.27. The molecule has 1 heteroatoms.